The summed E-state index contributed by atoms with van der Waals surface area (Å²) >= 11 is 0. The highest BCUT2D eigenvalue weighted by Crippen LogP contribution is 2.22. The molecule has 0 atom stereocenters. The van der Waals surface area contributed by atoms with Gasteiger partial charge >= 0.3 is 0 Å². The number of methoxy groups -OCH3 is 1. The fourth-order valence-electron chi connectivity index (χ4n) is 3.81. The van der Waals surface area contributed by atoms with Crippen molar-refractivity contribution in [2.75, 3.05) is 20.2 Å². The molecule has 23 heavy (non-hydrogen) atoms. The van der Waals surface area contributed by atoms with Crippen molar-refractivity contribution in [3.05, 3.63) is 35.9 Å². The number of ether oxygens (including phenoxy) is 1. The molecule has 1 aromatic rings. The molecule has 0 spiro atoms. The van der Waals surface area contributed by atoms with Crippen molar-refractivity contribution in [1.82, 2.24) is 10.2 Å². The number of hydrogen-bond acceptors (Lipinski definition) is 3. The van der Waals surface area contributed by atoms with E-state index in [1.54, 1.807) is 0 Å². The molecule has 1 saturated carbocycles. The van der Waals surface area contributed by atoms with Crippen molar-refractivity contribution in [3.63, 3.8) is 0 Å². The lowest BCUT2D eigenvalue weighted by Gasteiger charge is -2.36. The van der Waals surface area contributed by atoms with E-state index in [0.717, 1.165) is 31.5 Å². The highest BCUT2D eigenvalue weighted by molar-refractivity contribution is 5.94. The van der Waals surface area contributed by atoms with Gasteiger partial charge in [0, 0.05) is 37.8 Å². The first-order valence-corrected chi connectivity index (χ1v) is 8.89. The van der Waals surface area contributed by atoms with Crippen molar-refractivity contribution in [2.45, 2.75) is 56.7 Å². The zero-order valence-corrected chi connectivity index (χ0v) is 14.0. The summed E-state index contributed by atoms with van der Waals surface area (Å²) < 4.78 is 5.44. The van der Waals surface area contributed by atoms with Gasteiger partial charge in [-0.25, -0.2) is 0 Å². The van der Waals surface area contributed by atoms with Gasteiger partial charge in [-0.05, 0) is 50.7 Å². The summed E-state index contributed by atoms with van der Waals surface area (Å²) in [7, 11) is 1.82. The molecule has 1 saturated heterocycles. The number of nitrogens with one attached hydrogen (secondary N) is 1. The topological polar surface area (TPSA) is 41.6 Å². The SMILES string of the molecule is COC1CCC(NC2CCN(C(=O)c3ccccc3)CC2)CC1. The Morgan fingerprint density at radius 2 is 1.61 bits per heavy atom. The standard InChI is InChI=1S/C19H28N2O2/c1-23-18-9-7-16(8-10-18)20-17-11-13-21(14-12-17)19(22)15-5-3-2-4-6-15/h2-6,16-18,20H,7-14H2,1H3. The first-order valence-electron chi connectivity index (χ1n) is 8.89. The Bertz CT molecular complexity index is 489. The quantitative estimate of drug-likeness (QED) is 0.929. The number of piperidine rings is 1. The molecule has 1 heterocycles. The van der Waals surface area contributed by atoms with Crippen molar-refractivity contribution in [1.29, 1.82) is 0 Å². The van der Waals surface area contributed by atoms with E-state index in [0.29, 0.717) is 18.2 Å². The Morgan fingerprint density at radius 1 is 1.00 bits per heavy atom. The van der Waals surface area contributed by atoms with Crippen LogP contribution in [-0.2, 0) is 4.74 Å². The fourth-order valence-corrected chi connectivity index (χ4v) is 3.81. The molecule has 0 aromatic heterocycles. The number of carbonyl (C=O) groups excluding carboxylic acids is 1. The molecule has 126 valence electrons. The average Bonchev–Trinajstić information content (AvgIpc) is 2.63. The van der Waals surface area contributed by atoms with Gasteiger partial charge in [0.15, 0.2) is 0 Å². The number of benzene rings is 1. The van der Waals surface area contributed by atoms with Gasteiger partial charge < -0.3 is 15.0 Å². The summed E-state index contributed by atoms with van der Waals surface area (Å²) in [5.41, 5.74) is 0.803. The highest BCUT2D eigenvalue weighted by atomic mass is 16.5. The minimum absolute atomic E-state index is 0.171. The van der Waals surface area contributed by atoms with Gasteiger partial charge in [-0.3, -0.25) is 4.79 Å². The Labute approximate surface area is 139 Å². The summed E-state index contributed by atoms with van der Waals surface area (Å²) in [6, 6.07) is 10.8. The lowest BCUT2D eigenvalue weighted by molar-refractivity contribution is 0.0573. The van der Waals surface area contributed by atoms with Crippen LogP contribution in [0.15, 0.2) is 30.3 Å². The minimum atomic E-state index is 0.171. The largest absolute Gasteiger partial charge is 0.381 e. The summed E-state index contributed by atoms with van der Waals surface area (Å²) in [6.45, 7) is 1.72. The molecule has 0 radical (unpaired) electrons. The van der Waals surface area contributed by atoms with Crippen LogP contribution in [0, 0.1) is 0 Å². The van der Waals surface area contributed by atoms with Crippen LogP contribution in [-0.4, -0.2) is 49.2 Å². The molecule has 1 aliphatic carbocycles. The first kappa shape index (κ1) is 16.5. The number of rotatable bonds is 4. The molecule has 4 nitrogen and oxygen atoms in total. The van der Waals surface area contributed by atoms with Gasteiger partial charge in [-0.15, -0.1) is 0 Å². The zero-order valence-electron chi connectivity index (χ0n) is 14.0. The van der Waals surface area contributed by atoms with Gasteiger partial charge in [0.25, 0.3) is 5.91 Å². The maximum Gasteiger partial charge on any atom is 0.253 e. The molecule has 4 heteroatoms. The molecular formula is C19H28N2O2. The Balaban J connectivity index is 1.43. The van der Waals surface area contributed by atoms with Gasteiger partial charge in [0.1, 0.15) is 0 Å². The van der Waals surface area contributed by atoms with E-state index in [2.05, 4.69) is 5.32 Å². The molecule has 2 aliphatic rings. The molecule has 1 aromatic carbocycles. The molecule has 2 fully saturated rings. The Morgan fingerprint density at radius 3 is 2.22 bits per heavy atom. The maximum atomic E-state index is 12.5. The molecule has 1 amide bonds. The monoisotopic (exact) mass is 316 g/mol. The number of carbonyl (C=O) groups is 1. The number of hydrogen-bond donors (Lipinski definition) is 1. The second kappa shape index (κ2) is 7.93. The third-order valence-electron chi connectivity index (χ3n) is 5.28. The van der Waals surface area contributed by atoms with Crippen molar-refractivity contribution in [2.24, 2.45) is 0 Å². The van der Waals surface area contributed by atoms with Gasteiger partial charge in [-0.2, -0.15) is 0 Å². The zero-order chi connectivity index (χ0) is 16.1. The van der Waals surface area contributed by atoms with Crippen LogP contribution in [0.4, 0.5) is 0 Å². The third-order valence-corrected chi connectivity index (χ3v) is 5.28. The summed E-state index contributed by atoms with van der Waals surface area (Å²) in [4.78, 5) is 14.5. The normalized spacial score (nSPS) is 26.2. The Kier molecular flexibility index (Phi) is 5.68. The van der Waals surface area contributed by atoms with Crippen LogP contribution in [0.25, 0.3) is 0 Å². The molecule has 3 rings (SSSR count). The lowest BCUT2D eigenvalue weighted by Crippen LogP contribution is -2.48. The predicted molar refractivity (Wildman–Crippen MR) is 91.6 cm³/mol. The van der Waals surface area contributed by atoms with E-state index in [-0.39, 0.29) is 5.91 Å². The number of likely N-dealkylation sites (tertiary alicyclic amines) is 1. The van der Waals surface area contributed by atoms with Crippen LogP contribution < -0.4 is 5.32 Å². The number of nitrogens with zero attached hydrogens (tertiary/aromatic N) is 1. The van der Waals surface area contributed by atoms with Crippen molar-refractivity contribution >= 4 is 5.91 Å². The first-order chi connectivity index (χ1) is 11.3. The Hall–Kier alpha value is -1.39. The fraction of sp³-hybridized carbons (Fsp3) is 0.632. The van der Waals surface area contributed by atoms with E-state index in [9.17, 15) is 4.79 Å². The van der Waals surface area contributed by atoms with Crippen LogP contribution >= 0.6 is 0 Å². The smallest absolute Gasteiger partial charge is 0.253 e. The molecule has 0 unspecified atom stereocenters. The molecule has 1 aliphatic heterocycles. The van der Waals surface area contributed by atoms with Crippen LogP contribution in [0.3, 0.4) is 0 Å². The van der Waals surface area contributed by atoms with E-state index < -0.39 is 0 Å². The van der Waals surface area contributed by atoms with E-state index in [1.165, 1.54) is 25.7 Å². The minimum Gasteiger partial charge on any atom is -0.381 e. The summed E-state index contributed by atoms with van der Waals surface area (Å²) in [5, 5.41) is 3.81. The van der Waals surface area contributed by atoms with E-state index in [1.807, 2.05) is 42.3 Å². The van der Waals surface area contributed by atoms with Gasteiger partial charge in [0.2, 0.25) is 0 Å². The molecule has 0 bridgehead atoms. The highest BCUT2D eigenvalue weighted by Gasteiger charge is 2.27. The third kappa shape index (κ3) is 4.33. The molecule has 1 N–H and O–H groups in total. The van der Waals surface area contributed by atoms with Gasteiger partial charge in [-0.1, -0.05) is 18.2 Å². The van der Waals surface area contributed by atoms with Crippen LogP contribution in [0.5, 0.6) is 0 Å². The summed E-state index contributed by atoms with van der Waals surface area (Å²) in [5.74, 6) is 0.171. The van der Waals surface area contributed by atoms with Crippen molar-refractivity contribution < 1.29 is 9.53 Å². The second-order valence-corrected chi connectivity index (χ2v) is 6.81. The summed E-state index contributed by atoms with van der Waals surface area (Å²) in [6.07, 6.45) is 7.33. The lowest BCUT2D eigenvalue weighted by atomic mass is 9.91. The second-order valence-electron chi connectivity index (χ2n) is 6.81. The predicted octanol–water partition coefficient (Wildman–Crippen LogP) is 2.84. The van der Waals surface area contributed by atoms with Gasteiger partial charge in [0.05, 0.1) is 6.10 Å². The van der Waals surface area contributed by atoms with Crippen LogP contribution in [0.2, 0.25) is 0 Å². The maximum absolute atomic E-state index is 12.5. The average molecular weight is 316 g/mol. The number of amides is 1. The van der Waals surface area contributed by atoms with Crippen molar-refractivity contribution in [3.8, 4) is 0 Å². The van der Waals surface area contributed by atoms with Crippen LogP contribution in [0.1, 0.15) is 48.9 Å². The van der Waals surface area contributed by atoms with E-state index >= 15 is 0 Å². The molecular weight excluding hydrogens is 288 g/mol. The van der Waals surface area contributed by atoms with E-state index in [4.69, 9.17) is 4.74 Å².